The van der Waals surface area contributed by atoms with E-state index in [1.165, 1.54) is 0 Å². The second kappa shape index (κ2) is 9.58. The quantitative estimate of drug-likeness (QED) is 0.671. The van der Waals surface area contributed by atoms with Gasteiger partial charge in [-0.25, -0.2) is 4.98 Å². The minimum atomic E-state index is 0.418. The highest BCUT2D eigenvalue weighted by Gasteiger charge is 2.14. The molecule has 0 aromatic carbocycles. The van der Waals surface area contributed by atoms with Crippen molar-refractivity contribution in [1.29, 1.82) is 0 Å². The second-order valence-corrected chi connectivity index (χ2v) is 5.39. The van der Waals surface area contributed by atoms with Crippen LogP contribution in [0.5, 0.6) is 11.6 Å². The van der Waals surface area contributed by atoms with Crippen LogP contribution in [0.25, 0.3) is 0 Å². The summed E-state index contributed by atoms with van der Waals surface area (Å²) >= 11 is 0. The molecule has 0 radical (unpaired) electrons. The number of nitrogens with zero attached hydrogens (tertiary/aromatic N) is 1. The van der Waals surface area contributed by atoms with Crippen molar-refractivity contribution in [2.75, 3.05) is 34.5 Å². The van der Waals surface area contributed by atoms with Gasteiger partial charge in [0, 0.05) is 32.4 Å². The molecule has 1 N–H and O–H groups in total. The van der Waals surface area contributed by atoms with Crippen LogP contribution in [0.4, 0.5) is 0 Å². The number of hydrogen-bond acceptors (Lipinski definition) is 5. The van der Waals surface area contributed by atoms with Crippen LogP contribution in [0.2, 0.25) is 0 Å². The van der Waals surface area contributed by atoms with Gasteiger partial charge in [-0.15, -0.1) is 0 Å². The zero-order chi connectivity index (χ0) is 15.7. The monoisotopic (exact) mass is 296 g/mol. The molecule has 5 nitrogen and oxygen atoms in total. The van der Waals surface area contributed by atoms with Gasteiger partial charge in [-0.2, -0.15) is 0 Å². The van der Waals surface area contributed by atoms with Crippen LogP contribution in [-0.4, -0.2) is 45.5 Å². The molecule has 1 rings (SSSR count). The normalized spacial score (nSPS) is 12.5. The summed E-state index contributed by atoms with van der Waals surface area (Å²) in [7, 11) is 5.28. The van der Waals surface area contributed by atoms with Gasteiger partial charge >= 0.3 is 0 Å². The molecule has 0 saturated heterocycles. The summed E-state index contributed by atoms with van der Waals surface area (Å²) in [5.41, 5.74) is 1.14. The molecule has 0 aliphatic carbocycles. The van der Waals surface area contributed by atoms with Crippen LogP contribution >= 0.6 is 0 Å². The predicted octanol–water partition coefficient (Wildman–Crippen LogP) is 2.29. The number of nitrogens with one attached hydrogen (secondary N) is 1. The van der Waals surface area contributed by atoms with Crippen LogP contribution in [0, 0.1) is 5.92 Å². The number of methoxy groups -OCH3 is 2. The molecule has 120 valence electrons. The zero-order valence-electron chi connectivity index (χ0n) is 13.8. The number of ether oxygens (including phenoxy) is 3. The van der Waals surface area contributed by atoms with E-state index in [0.717, 1.165) is 18.4 Å². The Morgan fingerprint density at radius 3 is 2.57 bits per heavy atom. The molecule has 0 aliphatic heterocycles. The third kappa shape index (κ3) is 5.89. The van der Waals surface area contributed by atoms with Crippen molar-refractivity contribution in [2.24, 2.45) is 5.92 Å². The van der Waals surface area contributed by atoms with Crippen molar-refractivity contribution in [2.45, 2.75) is 32.7 Å². The highest BCUT2D eigenvalue weighted by Crippen LogP contribution is 2.26. The topological polar surface area (TPSA) is 52.6 Å². The molecule has 1 aromatic heterocycles. The van der Waals surface area contributed by atoms with E-state index in [1.54, 1.807) is 14.2 Å². The Bertz CT molecular complexity index is 411. The molecular formula is C16H28N2O3. The second-order valence-electron chi connectivity index (χ2n) is 5.39. The molecule has 5 heteroatoms. The van der Waals surface area contributed by atoms with Crippen molar-refractivity contribution in [3.63, 3.8) is 0 Å². The lowest BCUT2D eigenvalue weighted by atomic mass is 9.97. The summed E-state index contributed by atoms with van der Waals surface area (Å²) < 4.78 is 16.0. The fourth-order valence-corrected chi connectivity index (χ4v) is 2.15. The first-order valence-electron chi connectivity index (χ1n) is 7.44. The number of pyridine rings is 1. The molecule has 0 bridgehead atoms. The van der Waals surface area contributed by atoms with E-state index in [2.05, 4.69) is 24.1 Å². The minimum absolute atomic E-state index is 0.418. The van der Waals surface area contributed by atoms with E-state index < -0.39 is 0 Å². The third-order valence-corrected chi connectivity index (χ3v) is 3.45. The fourth-order valence-electron chi connectivity index (χ4n) is 2.15. The van der Waals surface area contributed by atoms with Crippen molar-refractivity contribution < 1.29 is 14.2 Å². The summed E-state index contributed by atoms with van der Waals surface area (Å²) in [6.45, 7) is 5.69. The maximum absolute atomic E-state index is 5.76. The molecular weight excluding hydrogens is 268 g/mol. The van der Waals surface area contributed by atoms with Gasteiger partial charge in [-0.1, -0.05) is 13.8 Å². The van der Waals surface area contributed by atoms with E-state index in [1.807, 2.05) is 19.3 Å². The zero-order valence-corrected chi connectivity index (χ0v) is 13.8. The molecule has 0 unspecified atom stereocenters. The SMILES string of the molecule is CN[C@@H](Cc1cnc(OC)c(OCCCOC)c1)C(C)C. The van der Waals surface area contributed by atoms with E-state index in [0.29, 0.717) is 36.8 Å². The lowest BCUT2D eigenvalue weighted by Gasteiger charge is -2.20. The molecule has 0 spiro atoms. The third-order valence-electron chi connectivity index (χ3n) is 3.45. The van der Waals surface area contributed by atoms with Crippen molar-refractivity contribution in [1.82, 2.24) is 10.3 Å². The Hall–Kier alpha value is -1.33. The van der Waals surface area contributed by atoms with E-state index in [4.69, 9.17) is 14.2 Å². The van der Waals surface area contributed by atoms with E-state index in [9.17, 15) is 0 Å². The maximum Gasteiger partial charge on any atom is 0.256 e. The van der Waals surface area contributed by atoms with Crippen molar-refractivity contribution in [3.05, 3.63) is 17.8 Å². The number of aromatic nitrogens is 1. The summed E-state index contributed by atoms with van der Waals surface area (Å²) in [5, 5.41) is 3.34. The lowest BCUT2D eigenvalue weighted by molar-refractivity contribution is 0.170. The van der Waals surface area contributed by atoms with E-state index in [-0.39, 0.29) is 0 Å². The van der Waals surface area contributed by atoms with Gasteiger partial charge in [-0.3, -0.25) is 0 Å². The van der Waals surface area contributed by atoms with Gasteiger partial charge < -0.3 is 19.5 Å². The Balaban J connectivity index is 2.74. The summed E-state index contributed by atoms with van der Waals surface area (Å²) in [6, 6.07) is 2.44. The van der Waals surface area contributed by atoms with Gasteiger partial charge in [0.05, 0.1) is 13.7 Å². The highest BCUT2D eigenvalue weighted by molar-refractivity contribution is 5.36. The summed E-state index contributed by atoms with van der Waals surface area (Å²) in [4.78, 5) is 4.34. The smallest absolute Gasteiger partial charge is 0.256 e. The lowest BCUT2D eigenvalue weighted by Crippen LogP contribution is -2.32. The first-order chi connectivity index (χ1) is 10.1. The first-order valence-corrected chi connectivity index (χ1v) is 7.44. The number of hydrogen-bond donors (Lipinski definition) is 1. The van der Waals surface area contributed by atoms with Crippen LogP contribution in [-0.2, 0) is 11.2 Å². The molecule has 1 atom stereocenters. The maximum atomic E-state index is 5.76. The van der Waals surface area contributed by atoms with Crippen LogP contribution in [0.15, 0.2) is 12.3 Å². The van der Waals surface area contributed by atoms with Crippen LogP contribution < -0.4 is 14.8 Å². The van der Waals surface area contributed by atoms with Crippen molar-refractivity contribution >= 4 is 0 Å². The van der Waals surface area contributed by atoms with Gasteiger partial charge in [0.15, 0.2) is 5.75 Å². The Labute approximate surface area is 128 Å². The Kier molecular flexibility index (Phi) is 8.08. The van der Waals surface area contributed by atoms with Gasteiger partial charge in [0.1, 0.15) is 0 Å². The van der Waals surface area contributed by atoms with E-state index >= 15 is 0 Å². The molecule has 1 aromatic rings. The standard InChI is InChI=1S/C16H28N2O3/c1-12(2)14(17-3)9-13-10-15(16(20-5)18-11-13)21-8-6-7-19-4/h10-12,14,17H,6-9H2,1-5H3/t14-/m0/s1. The van der Waals surface area contributed by atoms with Gasteiger partial charge in [0.2, 0.25) is 0 Å². The average Bonchev–Trinajstić information content (AvgIpc) is 2.49. The molecule has 0 fully saturated rings. The molecule has 0 amide bonds. The van der Waals surface area contributed by atoms with Gasteiger partial charge in [0.25, 0.3) is 5.88 Å². The predicted molar refractivity (Wildman–Crippen MR) is 84.2 cm³/mol. The van der Waals surface area contributed by atoms with Gasteiger partial charge in [-0.05, 0) is 31.0 Å². The summed E-state index contributed by atoms with van der Waals surface area (Å²) in [6.07, 6.45) is 3.61. The highest BCUT2D eigenvalue weighted by atomic mass is 16.5. The minimum Gasteiger partial charge on any atom is -0.488 e. The fraction of sp³-hybridized carbons (Fsp3) is 0.688. The molecule has 1 heterocycles. The molecule has 0 saturated carbocycles. The largest absolute Gasteiger partial charge is 0.488 e. The molecule has 0 aliphatic rings. The van der Waals surface area contributed by atoms with Crippen LogP contribution in [0.3, 0.4) is 0 Å². The Morgan fingerprint density at radius 1 is 1.24 bits per heavy atom. The number of likely N-dealkylation sites (N-methyl/N-ethyl adjacent to an activating group) is 1. The number of rotatable bonds is 10. The first kappa shape index (κ1) is 17.7. The van der Waals surface area contributed by atoms with Crippen molar-refractivity contribution in [3.8, 4) is 11.6 Å². The summed E-state index contributed by atoms with van der Waals surface area (Å²) in [5.74, 6) is 1.79. The average molecular weight is 296 g/mol. The van der Waals surface area contributed by atoms with Crippen LogP contribution in [0.1, 0.15) is 25.8 Å². The molecule has 21 heavy (non-hydrogen) atoms. The Morgan fingerprint density at radius 2 is 2.00 bits per heavy atom.